The van der Waals surface area contributed by atoms with Gasteiger partial charge in [-0.3, -0.25) is 0 Å². The molecule has 43 heavy (non-hydrogen) atoms. The fraction of sp³-hybridized carbons (Fsp3) is 0.100. The molecule has 5 aromatic carbocycles. The Morgan fingerprint density at radius 1 is 0.767 bits per heavy atom. The summed E-state index contributed by atoms with van der Waals surface area (Å²) < 4.78 is 9.68. The highest BCUT2D eigenvalue weighted by Gasteiger charge is 2.38. The molecule has 0 bridgehead atoms. The lowest BCUT2D eigenvalue weighted by atomic mass is 9.80. The van der Waals surface area contributed by atoms with Gasteiger partial charge in [-0.1, -0.05) is 109 Å². The van der Waals surface area contributed by atoms with Crippen molar-refractivity contribution in [1.82, 2.24) is 4.57 Å². The Balaban J connectivity index is 1.41. The number of rotatable bonds is 4. The summed E-state index contributed by atoms with van der Waals surface area (Å²) in [7, 11) is 0. The van der Waals surface area contributed by atoms with E-state index in [1.54, 1.807) is 0 Å². The monoisotopic (exact) mass is 619 g/mol. The highest BCUT2D eigenvalue weighted by Crippen LogP contribution is 2.50. The van der Waals surface area contributed by atoms with Crippen LogP contribution in [0.5, 0.6) is 0 Å². The van der Waals surface area contributed by atoms with Crippen LogP contribution in [0.2, 0.25) is 0 Å². The van der Waals surface area contributed by atoms with Crippen LogP contribution < -0.4 is 0 Å². The van der Waals surface area contributed by atoms with Crippen molar-refractivity contribution in [3.05, 3.63) is 143 Å². The lowest BCUT2D eigenvalue weighted by Gasteiger charge is -2.26. The van der Waals surface area contributed by atoms with Crippen molar-refractivity contribution in [2.45, 2.75) is 26.2 Å². The Labute approximate surface area is 259 Å². The molecule has 8 rings (SSSR count). The number of aromatic nitrogens is 1. The normalized spacial score (nSPS) is 14.6. The molecule has 0 saturated carbocycles. The van der Waals surface area contributed by atoms with Crippen LogP contribution in [0.25, 0.3) is 66.1 Å². The van der Waals surface area contributed by atoms with E-state index in [-0.39, 0.29) is 5.41 Å². The molecule has 0 radical (unpaired) electrons. The third-order valence-electron chi connectivity index (χ3n) is 9.15. The fourth-order valence-corrected chi connectivity index (χ4v) is 7.87. The Morgan fingerprint density at radius 2 is 1.53 bits per heavy atom. The summed E-state index contributed by atoms with van der Waals surface area (Å²) in [6.07, 6.45) is 6.39. The van der Waals surface area contributed by atoms with Crippen LogP contribution in [0, 0.1) is 0 Å². The Bertz CT molecular complexity index is 2360. The van der Waals surface area contributed by atoms with E-state index >= 15 is 0 Å². The van der Waals surface area contributed by atoms with Gasteiger partial charge >= 0.3 is 0 Å². The third-order valence-corrected chi connectivity index (χ3v) is 9.81. The van der Waals surface area contributed by atoms with Gasteiger partial charge in [-0.05, 0) is 82.8 Å². The lowest BCUT2D eigenvalue weighted by Crippen LogP contribution is -2.19. The van der Waals surface area contributed by atoms with Crippen LogP contribution >= 0.6 is 15.9 Å². The van der Waals surface area contributed by atoms with Gasteiger partial charge in [0.1, 0.15) is 11.2 Å². The minimum absolute atomic E-state index is 0.196. The van der Waals surface area contributed by atoms with Crippen molar-refractivity contribution >= 4 is 65.2 Å². The minimum Gasteiger partial charge on any atom is -0.456 e. The largest absolute Gasteiger partial charge is 0.456 e. The average Bonchev–Trinajstić information content (AvgIpc) is 3.62. The molecule has 0 N–H and O–H groups in total. The van der Waals surface area contributed by atoms with E-state index in [1.165, 1.54) is 55.3 Å². The van der Waals surface area contributed by atoms with Crippen LogP contribution in [0.1, 0.15) is 31.9 Å². The summed E-state index contributed by atoms with van der Waals surface area (Å²) in [6.45, 7) is 11.0. The number of halogens is 1. The maximum absolute atomic E-state index is 6.17. The Morgan fingerprint density at radius 3 is 2.37 bits per heavy atom. The smallest absolute Gasteiger partial charge is 0.136 e. The predicted octanol–water partition coefficient (Wildman–Crippen LogP) is 11.9. The first kappa shape index (κ1) is 26.1. The molecule has 0 amide bonds. The topological polar surface area (TPSA) is 18.1 Å². The van der Waals surface area contributed by atoms with Crippen molar-refractivity contribution in [2.75, 3.05) is 0 Å². The third kappa shape index (κ3) is 3.64. The van der Waals surface area contributed by atoms with Crippen molar-refractivity contribution in [1.29, 1.82) is 0 Å². The molecule has 208 valence electrons. The second-order valence-electron chi connectivity index (χ2n) is 11.9. The summed E-state index contributed by atoms with van der Waals surface area (Å²) in [6, 6.07) is 35.0. The molecule has 2 heterocycles. The van der Waals surface area contributed by atoms with Gasteiger partial charge in [0.2, 0.25) is 0 Å². The highest BCUT2D eigenvalue weighted by atomic mass is 79.9. The molecular formula is C40H30BrNO. The molecule has 7 aromatic rings. The van der Waals surface area contributed by atoms with E-state index in [0.29, 0.717) is 0 Å². The van der Waals surface area contributed by atoms with Crippen molar-refractivity contribution in [2.24, 2.45) is 0 Å². The molecule has 2 nitrogen and oxygen atoms in total. The molecular weight excluding hydrogens is 590 g/mol. The molecule has 0 unspecified atom stereocenters. The molecule has 2 aromatic heterocycles. The van der Waals surface area contributed by atoms with E-state index in [1.807, 2.05) is 18.2 Å². The zero-order chi connectivity index (χ0) is 29.5. The van der Waals surface area contributed by atoms with Crippen LogP contribution in [-0.4, -0.2) is 4.57 Å². The number of hydrogen-bond acceptors (Lipinski definition) is 1. The number of furan rings is 1. The molecule has 0 saturated heterocycles. The maximum atomic E-state index is 6.17. The average molecular weight is 621 g/mol. The van der Waals surface area contributed by atoms with Crippen LogP contribution in [0.15, 0.2) is 136 Å². The predicted molar refractivity (Wildman–Crippen MR) is 186 cm³/mol. The van der Waals surface area contributed by atoms with Gasteiger partial charge in [0.05, 0.1) is 16.7 Å². The van der Waals surface area contributed by atoms with E-state index in [0.717, 1.165) is 32.0 Å². The number of nitrogens with zero attached hydrogens (tertiary/aromatic N) is 1. The van der Waals surface area contributed by atoms with Crippen molar-refractivity contribution < 1.29 is 4.42 Å². The summed E-state index contributed by atoms with van der Waals surface area (Å²) in [5.74, 6) is 0. The van der Waals surface area contributed by atoms with E-state index in [9.17, 15) is 0 Å². The molecule has 1 aliphatic carbocycles. The van der Waals surface area contributed by atoms with Gasteiger partial charge < -0.3 is 8.98 Å². The second-order valence-corrected chi connectivity index (χ2v) is 12.7. The van der Waals surface area contributed by atoms with Crippen molar-refractivity contribution in [3.63, 3.8) is 0 Å². The number of allylic oxidation sites excluding steroid dienone is 5. The Hall–Kier alpha value is -4.60. The first-order chi connectivity index (χ1) is 20.9. The minimum atomic E-state index is -0.196. The number of benzene rings is 5. The zero-order valence-electron chi connectivity index (χ0n) is 24.4. The molecule has 3 heteroatoms. The fourth-order valence-electron chi connectivity index (χ4n) is 7.31. The molecule has 0 fully saturated rings. The number of hydrogen-bond donors (Lipinski definition) is 0. The van der Waals surface area contributed by atoms with Gasteiger partial charge in [-0.25, -0.2) is 0 Å². The van der Waals surface area contributed by atoms with E-state index < -0.39 is 0 Å². The van der Waals surface area contributed by atoms with Crippen molar-refractivity contribution in [3.8, 4) is 16.8 Å². The standard InChI is InChI=1S/C40H30BrNO/c1-5-11-26-29-13-9-16-34(39(29)40(3,4)31(26)6-2)42-33-15-8-7-12-27(33)28-20-18-25(23-35(28)42)24-19-21-36-30(22-24)38-32(41)14-10-17-37(38)43-36/h5-23H,2H2,1,3-4H3/b11-5-. The summed E-state index contributed by atoms with van der Waals surface area (Å²) >= 11 is 3.75. The van der Waals surface area contributed by atoms with Gasteiger partial charge in [-0.15, -0.1) is 0 Å². The van der Waals surface area contributed by atoms with Gasteiger partial charge in [0, 0.05) is 31.4 Å². The number of para-hydroxylation sites is 1. The van der Waals surface area contributed by atoms with Gasteiger partial charge in [0.15, 0.2) is 0 Å². The van der Waals surface area contributed by atoms with Gasteiger partial charge in [0.25, 0.3) is 0 Å². The number of fused-ring (bicyclic) bond motifs is 7. The van der Waals surface area contributed by atoms with Crippen LogP contribution in [0.3, 0.4) is 0 Å². The maximum Gasteiger partial charge on any atom is 0.136 e. The molecule has 0 aliphatic heterocycles. The zero-order valence-corrected chi connectivity index (χ0v) is 26.0. The molecule has 0 spiro atoms. The van der Waals surface area contributed by atoms with E-state index in [2.05, 4.69) is 145 Å². The lowest BCUT2D eigenvalue weighted by molar-refractivity contribution is 0.651. The van der Waals surface area contributed by atoms with E-state index in [4.69, 9.17) is 4.42 Å². The first-order valence-electron chi connectivity index (χ1n) is 14.7. The first-order valence-corrected chi connectivity index (χ1v) is 15.5. The quantitative estimate of drug-likeness (QED) is 0.191. The van der Waals surface area contributed by atoms with Gasteiger partial charge in [-0.2, -0.15) is 0 Å². The highest BCUT2D eigenvalue weighted by molar-refractivity contribution is 9.10. The van der Waals surface area contributed by atoms with Crippen LogP contribution in [-0.2, 0) is 5.41 Å². The molecule has 1 aliphatic rings. The summed E-state index contributed by atoms with van der Waals surface area (Å²) in [5, 5.41) is 4.72. The summed E-state index contributed by atoms with van der Waals surface area (Å²) in [4.78, 5) is 0. The van der Waals surface area contributed by atoms with Crippen LogP contribution in [0.4, 0.5) is 0 Å². The molecule has 0 atom stereocenters. The Kier molecular flexibility index (Phi) is 5.73. The second kappa shape index (κ2) is 9.45. The SMILES string of the molecule is C=CC1=C(/C=C\C)c2cccc(-n3c4ccccc4c4ccc(-c5ccc6oc7cccc(Br)c7c6c5)cc43)c2C1(C)C. The summed E-state index contributed by atoms with van der Waals surface area (Å²) in [5.41, 5.74) is 12.7.